The molecule has 0 atom stereocenters. The van der Waals surface area contributed by atoms with Gasteiger partial charge in [0.2, 0.25) is 0 Å². The summed E-state index contributed by atoms with van der Waals surface area (Å²) in [6.45, 7) is 1.62. The third kappa shape index (κ3) is 4.54. The van der Waals surface area contributed by atoms with Crippen LogP contribution >= 0.6 is 0 Å². The maximum absolute atomic E-state index is 5.37. The molecule has 26 heavy (non-hydrogen) atoms. The van der Waals surface area contributed by atoms with Crippen LogP contribution in [-0.2, 0) is 13.1 Å². The Morgan fingerprint density at radius 3 is 2.12 bits per heavy atom. The van der Waals surface area contributed by atoms with E-state index in [-0.39, 0.29) is 0 Å². The van der Waals surface area contributed by atoms with Gasteiger partial charge >= 0.3 is 0 Å². The van der Waals surface area contributed by atoms with Gasteiger partial charge in [-0.25, -0.2) is 0 Å². The minimum Gasteiger partial charge on any atom is -0.497 e. The number of anilines is 2. The number of aromatic nitrogens is 1. The highest BCUT2D eigenvalue weighted by atomic mass is 16.5. The van der Waals surface area contributed by atoms with Gasteiger partial charge in [0, 0.05) is 51.0 Å². The third-order valence-electron chi connectivity index (χ3n) is 4.34. The lowest BCUT2D eigenvalue weighted by Crippen LogP contribution is -2.22. The molecule has 0 unspecified atom stereocenters. The molecule has 4 nitrogen and oxygen atoms in total. The summed E-state index contributed by atoms with van der Waals surface area (Å²) in [4.78, 5) is 8.63. The molecule has 4 heteroatoms. The van der Waals surface area contributed by atoms with Crippen molar-refractivity contribution in [2.24, 2.45) is 0 Å². The van der Waals surface area contributed by atoms with Gasteiger partial charge in [-0.2, -0.15) is 0 Å². The third-order valence-corrected chi connectivity index (χ3v) is 4.34. The van der Waals surface area contributed by atoms with Gasteiger partial charge < -0.3 is 14.5 Å². The molecule has 0 saturated carbocycles. The van der Waals surface area contributed by atoms with Crippen LogP contribution in [0.2, 0.25) is 0 Å². The van der Waals surface area contributed by atoms with Gasteiger partial charge in [0.1, 0.15) is 5.75 Å². The zero-order valence-corrected chi connectivity index (χ0v) is 15.6. The number of hydrogen-bond acceptors (Lipinski definition) is 4. The molecule has 0 fully saturated rings. The molecule has 0 bridgehead atoms. The van der Waals surface area contributed by atoms with Crippen molar-refractivity contribution in [1.29, 1.82) is 0 Å². The van der Waals surface area contributed by atoms with Crippen molar-refractivity contribution in [1.82, 2.24) is 4.98 Å². The fourth-order valence-corrected chi connectivity index (χ4v) is 2.94. The van der Waals surface area contributed by atoms with Crippen LogP contribution in [0.4, 0.5) is 11.4 Å². The normalized spacial score (nSPS) is 10.4. The van der Waals surface area contributed by atoms with E-state index >= 15 is 0 Å². The average Bonchev–Trinajstić information content (AvgIpc) is 2.68. The van der Waals surface area contributed by atoms with E-state index in [0.717, 1.165) is 24.5 Å². The van der Waals surface area contributed by atoms with Crippen molar-refractivity contribution < 1.29 is 4.74 Å². The lowest BCUT2D eigenvalue weighted by molar-refractivity contribution is 0.414. The molecule has 1 heterocycles. The Morgan fingerprint density at radius 1 is 0.808 bits per heavy atom. The summed E-state index contributed by atoms with van der Waals surface area (Å²) in [5, 5.41) is 0. The Hall–Kier alpha value is -3.01. The van der Waals surface area contributed by atoms with Crippen molar-refractivity contribution in [3.8, 4) is 5.75 Å². The van der Waals surface area contributed by atoms with E-state index in [9.17, 15) is 0 Å². The van der Waals surface area contributed by atoms with E-state index in [1.807, 2.05) is 24.5 Å². The van der Waals surface area contributed by atoms with E-state index in [4.69, 9.17) is 4.74 Å². The lowest BCUT2D eigenvalue weighted by Gasteiger charge is -2.26. The molecule has 3 aromatic rings. The first-order chi connectivity index (χ1) is 12.7. The molecule has 0 saturated heterocycles. The fraction of sp³-hybridized carbons (Fsp3) is 0.227. The van der Waals surface area contributed by atoms with E-state index in [2.05, 4.69) is 77.4 Å². The minimum absolute atomic E-state index is 0.799. The molecule has 1 aromatic heterocycles. The van der Waals surface area contributed by atoms with Crippen LogP contribution in [0.15, 0.2) is 73.1 Å². The van der Waals surface area contributed by atoms with Crippen LogP contribution < -0.4 is 14.5 Å². The van der Waals surface area contributed by atoms with E-state index in [1.165, 1.54) is 16.8 Å². The van der Waals surface area contributed by atoms with Gasteiger partial charge in [-0.05, 0) is 47.5 Å². The van der Waals surface area contributed by atoms with Crippen molar-refractivity contribution >= 4 is 11.4 Å². The molecule has 0 aliphatic heterocycles. The van der Waals surface area contributed by atoms with Crippen LogP contribution in [-0.4, -0.2) is 26.2 Å². The first-order valence-corrected chi connectivity index (χ1v) is 8.70. The van der Waals surface area contributed by atoms with E-state index in [1.54, 1.807) is 7.11 Å². The number of methoxy groups -OCH3 is 1. The van der Waals surface area contributed by atoms with Gasteiger partial charge in [-0.15, -0.1) is 0 Å². The second kappa shape index (κ2) is 8.39. The van der Waals surface area contributed by atoms with Gasteiger partial charge in [0.15, 0.2) is 0 Å². The zero-order valence-electron chi connectivity index (χ0n) is 15.6. The van der Waals surface area contributed by atoms with Crippen molar-refractivity contribution in [3.63, 3.8) is 0 Å². The topological polar surface area (TPSA) is 28.6 Å². The minimum atomic E-state index is 0.799. The van der Waals surface area contributed by atoms with Crippen LogP contribution in [0.5, 0.6) is 5.75 Å². The van der Waals surface area contributed by atoms with Gasteiger partial charge in [-0.1, -0.05) is 24.3 Å². The van der Waals surface area contributed by atoms with Gasteiger partial charge in [-0.3, -0.25) is 4.98 Å². The molecule has 0 aliphatic rings. The molecule has 0 N–H and O–H groups in total. The summed E-state index contributed by atoms with van der Waals surface area (Å²) in [5.41, 5.74) is 4.84. The molecule has 0 spiro atoms. The monoisotopic (exact) mass is 347 g/mol. The maximum Gasteiger partial charge on any atom is 0.119 e. The summed E-state index contributed by atoms with van der Waals surface area (Å²) in [5.74, 6) is 0.881. The quantitative estimate of drug-likeness (QED) is 0.635. The fourth-order valence-electron chi connectivity index (χ4n) is 2.94. The highest BCUT2D eigenvalue weighted by molar-refractivity contribution is 5.50. The Bertz CT molecular complexity index is 834. The van der Waals surface area contributed by atoms with Crippen molar-refractivity contribution in [2.45, 2.75) is 13.1 Å². The number of hydrogen-bond donors (Lipinski definition) is 0. The predicted octanol–water partition coefficient (Wildman–Crippen LogP) is 4.36. The first-order valence-electron chi connectivity index (χ1n) is 8.70. The van der Waals surface area contributed by atoms with E-state index in [0.29, 0.717) is 0 Å². The average molecular weight is 347 g/mol. The predicted molar refractivity (Wildman–Crippen MR) is 108 cm³/mol. The summed E-state index contributed by atoms with van der Waals surface area (Å²) in [6, 6.07) is 21.0. The van der Waals surface area contributed by atoms with Gasteiger partial charge in [0.25, 0.3) is 0 Å². The number of nitrogens with zero attached hydrogens (tertiary/aromatic N) is 3. The molecule has 134 valence electrons. The molecule has 0 radical (unpaired) electrons. The molecule has 3 rings (SSSR count). The van der Waals surface area contributed by atoms with Crippen LogP contribution in [0, 0.1) is 0 Å². The van der Waals surface area contributed by atoms with Crippen LogP contribution in [0.1, 0.15) is 11.1 Å². The Labute approximate surface area is 155 Å². The largest absolute Gasteiger partial charge is 0.497 e. The second-order valence-electron chi connectivity index (χ2n) is 6.48. The van der Waals surface area contributed by atoms with Gasteiger partial charge in [0.05, 0.1) is 7.11 Å². The number of benzene rings is 2. The second-order valence-corrected chi connectivity index (χ2v) is 6.48. The summed E-state index contributed by atoms with van der Waals surface area (Å²) in [7, 11) is 5.83. The van der Waals surface area contributed by atoms with E-state index < -0.39 is 0 Å². The zero-order chi connectivity index (χ0) is 18.4. The Balaban J connectivity index is 1.87. The molecule has 2 aromatic carbocycles. The highest BCUT2D eigenvalue weighted by Crippen LogP contribution is 2.23. The summed E-state index contributed by atoms with van der Waals surface area (Å²) < 4.78 is 5.37. The molecule has 0 aliphatic carbocycles. The maximum atomic E-state index is 5.37. The van der Waals surface area contributed by atoms with Crippen molar-refractivity contribution in [2.75, 3.05) is 31.0 Å². The standard InChI is InChI=1S/C22H25N3O/c1-24(2)21-8-4-6-18(14-21)16-25(20-10-12-23-13-11-20)17-19-7-5-9-22(15-19)26-3/h4-15H,16-17H2,1-3H3. The number of ether oxygens (including phenoxy) is 1. The first kappa shape index (κ1) is 17.8. The van der Waals surface area contributed by atoms with Crippen molar-refractivity contribution in [3.05, 3.63) is 84.2 Å². The number of rotatable bonds is 7. The summed E-state index contributed by atoms with van der Waals surface area (Å²) >= 11 is 0. The Morgan fingerprint density at radius 2 is 1.46 bits per heavy atom. The molecular weight excluding hydrogens is 322 g/mol. The smallest absolute Gasteiger partial charge is 0.119 e. The van der Waals surface area contributed by atoms with Crippen LogP contribution in [0.3, 0.4) is 0 Å². The lowest BCUT2D eigenvalue weighted by atomic mass is 10.1. The highest BCUT2D eigenvalue weighted by Gasteiger charge is 2.10. The summed E-state index contributed by atoms with van der Waals surface area (Å²) in [6.07, 6.45) is 3.67. The van der Waals surface area contributed by atoms with Crippen LogP contribution in [0.25, 0.3) is 0 Å². The molecular formula is C22H25N3O. The SMILES string of the molecule is COc1cccc(CN(Cc2cccc(N(C)C)c2)c2ccncc2)c1. The Kier molecular flexibility index (Phi) is 5.74. The molecule has 0 amide bonds. The number of pyridine rings is 1.